The minimum Gasteiger partial charge on any atom is -0.497 e. The number of methoxy groups -OCH3 is 2. The van der Waals surface area contributed by atoms with E-state index in [0.717, 1.165) is 10.6 Å². The molecule has 0 aliphatic rings. The highest BCUT2D eigenvalue weighted by molar-refractivity contribution is 7.92. The van der Waals surface area contributed by atoms with Gasteiger partial charge in [0.05, 0.1) is 26.2 Å². The van der Waals surface area contributed by atoms with E-state index in [4.69, 9.17) is 9.47 Å². The van der Waals surface area contributed by atoms with Crippen molar-refractivity contribution in [3.63, 3.8) is 0 Å². The summed E-state index contributed by atoms with van der Waals surface area (Å²) in [6.45, 7) is 0.925. The predicted molar refractivity (Wildman–Crippen MR) is 122 cm³/mol. The Morgan fingerprint density at radius 1 is 1.09 bits per heavy atom. The van der Waals surface area contributed by atoms with Gasteiger partial charge in [-0.05, 0) is 36.8 Å². The van der Waals surface area contributed by atoms with E-state index in [1.54, 1.807) is 6.07 Å². The van der Waals surface area contributed by atoms with Gasteiger partial charge in [-0.3, -0.25) is 13.9 Å². The zero-order valence-electron chi connectivity index (χ0n) is 19.2. The van der Waals surface area contributed by atoms with Crippen molar-refractivity contribution >= 4 is 27.5 Å². The van der Waals surface area contributed by atoms with E-state index in [1.807, 2.05) is 0 Å². The number of halogens is 1. The summed E-state index contributed by atoms with van der Waals surface area (Å²) in [6, 6.07) is 9.08. The lowest BCUT2D eigenvalue weighted by molar-refractivity contribution is -0.139. The van der Waals surface area contributed by atoms with Crippen molar-refractivity contribution in [2.75, 3.05) is 38.4 Å². The van der Waals surface area contributed by atoms with Gasteiger partial charge >= 0.3 is 0 Å². The van der Waals surface area contributed by atoms with E-state index in [1.165, 1.54) is 69.5 Å². The summed E-state index contributed by atoms with van der Waals surface area (Å²) >= 11 is 0. The van der Waals surface area contributed by atoms with E-state index < -0.39 is 40.2 Å². The van der Waals surface area contributed by atoms with Crippen LogP contribution in [0.1, 0.15) is 12.5 Å². The molecule has 0 aliphatic carbocycles. The normalized spacial score (nSPS) is 11.9. The number of rotatable bonds is 10. The van der Waals surface area contributed by atoms with Crippen LogP contribution in [-0.2, 0) is 26.2 Å². The number of amides is 2. The quantitative estimate of drug-likeness (QED) is 0.555. The largest absolute Gasteiger partial charge is 0.497 e. The van der Waals surface area contributed by atoms with Crippen LogP contribution in [0.3, 0.4) is 0 Å². The number of hydrogen-bond donors (Lipinski definition) is 1. The first kappa shape index (κ1) is 25.9. The average Bonchev–Trinajstić information content (AvgIpc) is 2.79. The van der Waals surface area contributed by atoms with Gasteiger partial charge in [-0.25, -0.2) is 12.8 Å². The number of anilines is 1. The Labute approximate surface area is 193 Å². The maximum absolute atomic E-state index is 13.3. The standard InChI is InChI=1S/C22H28FN3O6S/c1-15(22(28)24-2)25(13-16-6-8-17(23)9-7-16)21(27)14-26(33(5,29)30)19-11-10-18(31-3)12-20(19)32-4/h6-12,15H,13-14H2,1-5H3,(H,24,28). The molecule has 0 radical (unpaired) electrons. The number of ether oxygens (including phenoxy) is 2. The maximum atomic E-state index is 13.3. The lowest BCUT2D eigenvalue weighted by Crippen LogP contribution is -2.50. The summed E-state index contributed by atoms with van der Waals surface area (Å²) in [7, 11) is 0.349. The number of carbonyl (C=O) groups is 2. The highest BCUT2D eigenvalue weighted by atomic mass is 32.2. The van der Waals surface area contributed by atoms with Gasteiger partial charge in [0, 0.05) is 19.7 Å². The molecule has 1 atom stereocenters. The zero-order chi connectivity index (χ0) is 24.8. The van der Waals surface area contributed by atoms with Crippen LogP contribution in [0.2, 0.25) is 0 Å². The smallest absolute Gasteiger partial charge is 0.244 e. The number of carbonyl (C=O) groups excluding carboxylic acids is 2. The van der Waals surface area contributed by atoms with Crippen molar-refractivity contribution in [1.29, 1.82) is 0 Å². The Balaban J connectivity index is 2.44. The first-order valence-electron chi connectivity index (χ1n) is 9.97. The Hall–Kier alpha value is -3.34. The molecule has 1 unspecified atom stereocenters. The molecule has 9 nitrogen and oxygen atoms in total. The van der Waals surface area contributed by atoms with Gasteiger partial charge < -0.3 is 19.7 Å². The molecule has 0 bridgehead atoms. The van der Waals surface area contributed by atoms with Crippen LogP contribution in [0.15, 0.2) is 42.5 Å². The predicted octanol–water partition coefficient (Wildman–Crippen LogP) is 1.77. The molecule has 0 fully saturated rings. The van der Waals surface area contributed by atoms with Crippen LogP contribution in [0.4, 0.5) is 10.1 Å². The molecule has 2 aromatic carbocycles. The fourth-order valence-electron chi connectivity index (χ4n) is 3.16. The average molecular weight is 482 g/mol. The fraction of sp³-hybridized carbons (Fsp3) is 0.364. The summed E-state index contributed by atoms with van der Waals surface area (Å²) < 4.78 is 49.9. The van der Waals surface area contributed by atoms with Crippen molar-refractivity contribution in [2.24, 2.45) is 0 Å². The third-order valence-electron chi connectivity index (χ3n) is 5.01. The highest BCUT2D eigenvalue weighted by Gasteiger charge is 2.31. The zero-order valence-corrected chi connectivity index (χ0v) is 20.0. The first-order valence-corrected chi connectivity index (χ1v) is 11.8. The summed E-state index contributed by atoms with van der Waals surface area (Å²) in [5, 5.41) is 2.48. The number of benzene rings is 2. The van der Waals surface area contributed by atoms with Crippen molar-refractivity contribution < 1.29 is 31.9 Å². The van der Waals surface area contributed by atoms with E-state index in [2.05, 4.69) is 5.32 Å². The lowest BCUT2D eigenvalue weighted by atomic mass is 10.1. The van der Waals surface area contributed by atoms with Crippen LogP contribution >= 0.6 is 0 Å². The van der Waals surface area contributed by atoms with Crippen molar-refractivity contribution in [2.45, 2.75) is 19.5 Å². The van der Waals surface area contributed by atoms with E-state index in [-0.39, 0.29) is 18.0 Å². The molecule has 0 saturated heterocycles. The maximum Gasteiger partial charge on any atom is 0.244 e. The summed E-state index contributed by atoms with van der Waals surface area (Å²) in [5.74, 6) is -0.860. The molecular weight excluding hydrogens is 453 g/mol. The van der Waals surface area contributed by atoms with Crippen molar-refractivity contribution in [3.05, 3.63) is 53.8 Å². The molecule has 180 valence electrons. The van der Waals surface area contributed by atoms with Gasteiger partial charge in [0.15, 0.2) is 0 Å². The van der Waals surface area contributed by atoms with Gasteiger partial charge in [0.2, 0.25) is 21.8 Å². The van der Waals surface area contributed by atoms with Gasteiger partial charge in [-0.1, -0.05) is 12.1 Å². The van der Waals surface area contributed by atoms with Gasteiger partial charge in [-0.15, -0.1) is 0 Å². The Kier molecular flexibility index (Phi) is 8.63. The highest BCUT2D eigenvalue weighted by Crippen LogP contribution is 2.33. The fourth-order valence-corrected chi connectivity index (χ4v) is 4.02. The number of nitrogens with one attached hydrogen (secondary N) is 1. The van der Waals surface area contributed by atoms with Gasteiger partial charge in [-0.2, -0.15) is 0 Å². The second-order valence-electron chi connectivity index (χ2n) is 7.25. The number of nitrogens with zero attached hydrogens (tertiary/aromatic N) is 2. The van der Waals surface area contributed by atoms with Crippen molar-refractivity contribution in [1.82, 2.24) is 10.2 Å². The molecule has 0 aromatic heterocycles. The minimum absolute atomic E-state index is 0.0228. The molecule has 0 aliphatic heterocycles. The lowest BCUT2D eigenvalue weighted by Gasteiger charge is -2.31. The molecule has 11 heteroatoms. The summed E-state index contributed by atoms with van der Waals surface area (Å²) in [6.07, 6.45) is 0.969. The van der Waals surface area contributed by atoms with E-state index >= 15 is 0 Å². The second-order valence-corrected chi connectivity index (χ2v) is 9.15. The number of sulfonamides is 1. The van der Waals surface area contributed by atoms with Crippen LogP contribution in [-0.4, -0.2) is 65.2 Å². The monoisotopic (exact) mass is 481 g/mol. The molecule has 0 heterocycles. The van der Waals surface area contributed by atoms with Crippen LogP contribution in [0.5, 0.6) is 11.5 Å². The topological polar surface area (TPSA) is 105 Å². The molecule has 0 spiro atoms. The first-order chi connectivity index (χ1) is 15.5. The minimum atomic E-state index is -3.91. The van der Waals surface area contributed by atoms with Crippen LogP contribution < -0.4 is 19.1 Å². The van der Waals surface area contributed by atoms with Crippen LogP contribution in [0, 0.1) is 5.82 Å². The third kappa shape index (κ3) is 6.58. The van der Waals surface area contributed by atoms with Gasteiger partial charge in [0.1, 0.15) is 29.9 Å². The third-order valence-corrected chi connectivity index (χ3v) is 6.14. The number of hydrogen-bond acceptors (Lipinski definition) is 6. The Morgan fingerprint density at radius 2 is 1.73 bits per heavy atom. The molecule has 2 rings (SSSR count). The van der Waals surface area contributed by atoms with Crippen molar-refractivity contribution in [3.8, 4) is 11.5 Å². The summed E-state index contributed by atoms with van der Waals surface area (Å²) in [5.41, 5.74) is 0.719. The molecule has 33 heavy (non-hydrogen) atoms. The van der Waals surface area contributed by atoms with Gasteiger partial charge in [0.25, 0.3) is 0 Å². The molecule has 0 saturated carbocycles. The molecule has 2 aromatic rings. The summed E-state index contributed by atoms with van der Waals surface area (Å²) in [4.78, 5) is 26.9. The van der Waals surface area contributed by atoms with E-state index in [0.29, 0.717) is 11.3 Å². The molecule has 2 amide bonds. The second kappa shape index (κ2) is 11.0. The molecular formula is C22H28FN3O6S. The number of likely N-dealkylation sites (N-methyl/N-ethyl adjacent to an activating group) is 1. The SMILES string of the molecule is CNC(=O)C(C)N(Cc1ccc(F)cc1)C(=O)CN(c1ccc(OC)cc1OC)S(C)(=O)=O. The molecule has 1 N–H and O–H groups in total. The Bertz CT molecular complexity index is 1090. The van der Waals surface area contributed by atoms with Crippen LogP contribution in [0.25, 0.3) is 0 Å². The Morgan fingerprint density at radius 3 is 2.24 bits per heavy atom. The van der Waals surface area contributed by atoms with E-state index in [9.17, 15) is 22.4 Å².